The van der Waals surface area contributed by atoms with Crippen LogP contribution in [0.2, 0.25) is 0 Å². The lowest BCUT2D eigenvalue weighted by Crippen LogP contribution is -2.13. The van der Waals surface area contributed by atoms with Gasteiger partial charge in [-0.05, 0) is 19.8 Å². The molecule has 1 atom stereocenters. The minimum absolute atomic E-state index is 0.486. The summed E-state index contributed by atoms with van der Waals surface area (Å²) in [5, 5.41) is 3.83. The first-order chi connectivity index (χ1) is 8.86. The molecule has 1 aliphatic carbocycles. The third-order valence-electron chi connectivity index (χ3n) is 3.22. The van der Waals surface area contributed by atoms with Gasteiger partial charge in [-0.25, -0.2) is 9.97 Å². The van der Waals surface area contributed by atoms with Crippen LogP contribution in [0.3, 0.4) is 0 Å². The average molecular weight is 281 g/mol. The molecule has 0 bridgehead atoms. The van der Waals surface area contributed by atoms with Crippen LogP contribution in [-0.2, 0) is 0 Å². The number of hydrogen-bond donors (Lipinski definition) is 1. The molecule has 0 amide bonds. The Morgan fingerprint density at radius 2 is 2.22 bits per heavy atom. The lowest BCUT2D eigenvalue weighted by atomic mass is 10.2. The SMILES string of the molecule is CCNc1cc(C2CC2)nc(C2CSCCS2)n1. The summed E-state index contributed by atoms with van der Waals surface area (Å²) in [6.07, 6.45) is 2.60. The van der Waals surface area contributed by atoms with E-state index in [-0.39, 0.29) is 0 Å². The number of nitrogens with zero attached hydrogens (tertiary/aromatic N) is 2. The van der Waals surface area contributed by atoms with Crippen LogP contribution in [0, 0.1) is 0 Å². The second kappa shape index (κ2) is 5.70. The highest BCUT2D eigenvalue weighted by Crippen LogP contribution is 2.41. The van der Waals surface area contributed by atoms with Crippen molar-refractivity contribution in [3.05, 3.63) is 17.6 Å². The maximum absolute atomic E-state index is 4.82. The summed E-state index contributed by atoms with van der Waals surface area (Å²) in [4.78, 5) is 9.52. The number of hydrogen-bond acceptors (Lipinski definition) is 5. The van der Waals surface area contributed by atoms with Gasteiger partial charge in [0.05, 0.1) is 5.25 Å². The van der Waals surface area contributed by atoms with E-state index < -0.39 is 0 Å². The minimum atomic E-state index is 0.486. The van der Waals surface area contributed by atoms with Gasteiger partial charge >= 0.3 is 0 Å². The molecular weight excluding hydrogens is 262 g/mol. The second-order valence-corrected chi connectivity index (χ2v) is 7.24. The number of thioether (sulfide) groups is 2. The summed E-state index contributed by atoms with van der Waals surface area (Å²) >= 11 is 4.04. The minimum Gasteiger partial charge on any atom is -0.370 e. The van der Waals surface area contributed by atoms with Crippen molar-refractivity contribution >= 4 is 29.3 Å². The smallest absolute Gasteiger partial charge is 0.144 e. The fourth-order valence-corrected chi connectivity index (χ4v) is 4.72. The van der Waals surface area contributed by atoms with E-state index in [1.165, 1.54) is 30.0 Å². The van der Waals surface area contributed by atoms with E-state index in [4.69, 9.17) is 9.97 Å². The third-order valence-corrected chi connectivity index (χ3v) is 5.97. The molecule has 1 saturated heterocycles. The summed E-state index contributed by atoms with van der Waals surface area (Å²) < 4.78 is 0. The van der Waals surface area contributed by atoms with Crippen LogP contribution in [0.5, 0.6) is 0 Å². The fraction of sp³-hybridized carbons (Fsp3) is 0.692. The highest BCUT2D eigenvalue weighted by Gasteiger charge is 2.28. The standard InChI is InChI=1S/C13H19N3S2/c1-2-14-12-7-10(9-3-4-9)15-13(16-12)11-8-17-5-6-18-11/h7,9,11H,2-6,8H2,1H3,(H,14,15,16). The predicted molar refractivity (Wildman–Crippen MR) is 80.7 cm³/mol. The van der Waals surface area contributed by atoms with Gasteiger partial charge in [0.1, 0.15) is 11.6 Å². The van der Waals surface area contributed by atoms with Crippen molar-refractivity contribution in [2.75, 3.05) is 29.1 Å². The van der Waals surface area contributed by atoms with E-state index >= 15 is 0 Å². The highest BCUT2D eigenvalue weighted by atomic mass is 32.2. The van der Waals surface area contributed by atoms with Gasteiger partial charge in [0.2, 0.25) is 0 Å². The quantitative estimate of drug-likeness (QED) is 0.916. The molecule has 1 unspecified atom stereocenters. The van der Waals surface area contributed by atoms with Crippen molar-refractivity contribution in [3.63, 3.8) is 0 Å². The van der Waals surface area contributed by atoms with Gasteiger partial charge in [0, 0.05) is 41.5 Å². The van der Waals surface area contributed by atoms with Gasteiger partial charge in [-0.1, -0.05) is 0 Å². The second-order valence-electron chi connectivity index (χ2n) is 4.78. The summed E-state index contributed by atoms with van der Waals surface area (Å²) in [6, 6.07) is 2.14. The van der Waals surface area contributed by atoms with E-state index in [9.17, 15) is 0 Å². The molecule has 0 spiro atoms. The Morgan fingerprint density at radius 1 is 1.33 bits per heavy atom. The Kier molecular flexibility index (Phi) is 3.99. The maximum atomic E-state index is 4.82. The molecule has 1 aliphatic heterocycles. The Labute approximate surface area is 117 Å². The van der Waals surface area contributed by atoms with E-state index in [0.29, 0.717) is 11.2 Å². The molecule has 1 aromatic heterocycles. The van der Waals surface area contributed by atoms with E-state index in [1.807, 2.05) is 23.5 Å². The molecule has 98 valence electrons. The van der Waals surface area contributed by atoms with E-state index in [1.54, 1.807) is 0 Å². The number of anilines is 1. The molecule has 1 aromatic rings. The number of aromatic nitrogens is 2. The molecule has 0 radical (unpaired) electrons. The Morgan fingerprint density at radius 3 is 2.89 bits per heavy atom. The zero-order valence-electron chi connectivity index (χ0n) is 10.7. The van der Waals surface area contributed by atoms with Crippen molar-refractivity contribution in [3.8, 4) is 0 Å². The van der Waals surface area contributed by atoms with Crippen LogP contribution in [0.4, 0.5) is 5.82 Å². The maximum Gasteiger partial charge on any atom is 0.144 e. The van der Waals surface area contributed by atoms with Crippen molar-refractivity contribution in [2.24, 2.45) is 0 Å². The molecule has 0 aromatic carbocycles. The van der Waals surface area contributed by atoms with Crippen LogP contribution in [0.1, 0.15) is 42.5 Å². The van der Waals surface area contributed by atoms with Crippen LogP contribution >= 0.6 is 23.5 Å². The Hall–Kier alpha value is -0.420. The summed E-state index contributed by atoms with van der Waals surface area (Å²) in [5.74, 6) is 6.41. The molecule has 2 heterocycles. The molecule has 3 nitrogen and oxygen atoms in total. The van der Waals surface area contributed by atoms with E-state index in [0.717, 1.165) is 23.9 Å². The van der Waals surface area contributed by atoms with Crippen molar-refractivity contribution in [2.45, 2.75) is 30.9 Å². The Bertz CT molecular complexity index is 415. The predicted octanol–water partition coefficient (Wildman–Crippen LogP) is 3.31. The van der Waals surface area contributed by atoms with Crippen LogP contribution in [0.25, 0.3) is 0 Å². The van der Waals surface area contributed by atoms with Crippen LogP contribution < -0.4 is 5.32 Å². The Balaban J connectivity index is 1.86. The topological polar surface area (TPSA) is 37.8 Å². The lowest BCUT2D eigenvalue weighted by Gasteiger charge is -2.20. The number of nitrogens with one attached hydrogen (secondary N) is 1. The normalized spacial score (nSPS) is 23.9. The fourth-order valence-electron chi connectivity index (χ4n) is 2.13. The average Bonchev–Trinajstić information content (AvgIpc) is 3.24. The van der Waals surface area contributed by atoms with Crippen molar-refractivity contribution in [1.29, 1.82) is 0 Å². The van der Waals surface area contributed by atoms with Crippen molar-refractivity contribution < 1.29 is 0 Å². The molecular formula is C13H19N3S2. The molecule has 1 N–H and O–H groups in total. The lowest BCUT2D eigenvalue weighted by molar-refractivity contribution is 0.871. The first-order valence-corrected chi connectivity index (χ1v) is 8.89. The molecule has 5 heteroatoms. The van der Waals surface area contributed by atoms with Crippen molar-refractivity contribution in [1.82, 2.24) is 9.97 Å². The molecule has 3 rings (SSSR count). The van der Waals surface area contributed by atoms with Crippen LogP contribution in [0.15, 0.2) is 6.07 Å². The third kappa shape index (κ3) is 2.94. The van der Waals surface area contributed by atoms with Crippen LogP contribution in [-0.4, -0.2) is 33.8 Å². The van der Waals surface area contributed by atoms with Gasteiger partial charge in [-0.3, -0.25) is 0 Å². The summed E-state index contributed by atoms with van der Waals surface area (Å²) in [5.41, 5.74) is 1.26. The first kappa shape index (κ1) is 12.6. The van der Waals surface area contributed by atoms with Gasteiger partial charge < -0.3 is 5.32 Å². The van der Waals surface area contributed by atoms with E-state index in [2.05, 4.69) is 18.3 Å². The van der Waals surface area contributed by atoms with Gasteiger partial charge in [0.25, 0.3) is 0 Å². The molecule has 1 saturated carbocycles. The zero-order chi connectivity index (χ0) is 12.4. The highest BCUT2D eigenvalue weighted by molar-refractivity contribution is 8.06. The molecule has 2 fully saturated rings. The first-order valence-electron chi connectivity index (χ1n) is 6.69. The molecule has 18 heavy (non-hydrogen) atoms. The van der Waals surface area contributed by atoms with Gasteiger partial charge in [-0.15, -0.1) is 11.8 Å². The largest absolute Gasteiger partial charge is 0.370 e. The van der Waals surface area contributed by atoms with Gasteiger partial charge in [-0.2, -0.15) is 11.8 Å². The summed E-state index contributed by atoms with van der Waals surface area (Å²) in [7, 11) is 0. The monoisotopic (exact) mass is 281 g/mol. The zero-order valence-corrected chi connectivity index (χ0v) is 12.3. The number of rotatable bonds is 4. The summed E-state index contributed by atoms with van der Waals surface area (Å²) in [6.45, 7) is 3.04. The molecule has 2 aliphatic rings. The van der Waals surface area contributed by atoms with Gasteiger partial charge in [0.15, 0.2) is 0 Å².